The number of hydrogen-bond acceptors (Lipinski definition) is 4. The molecule has 0 atom stereocenters. The molecule has 0 aliphatic carbocycles. The molecule has 0 radical (unpaired) electrons. The van der Waals surface area contributed by atoms with Gasteiger partial charge in [0.1, 0.15) is 6.33 Å². The maximum absolute atomic E-state index is 4.16. The van der Waals surface area contributed by atoms with Crippen molar-refractivity contribution in [2.75, 3.05) is 5.32 Å². The molecule has 0 amide bonds. The molecule has 4 rings (SSSR count). The zero-order valence-corrected chi connectivity index (χ0v) is 12.5. The summed E-state index contributed by atoms with van der Waals surface area (Å²) in [5.41, 5.74) is 3.42. The van der Waals surface area contributed by atoms with E-state index in [1.807, 2.05) is 29.0 Å². The van der Waals surface area contributed by atoms with Crippen LogP contribution in [0.2, 0.25) is 0 Å². The third-order valence-corrected chi connectivity index (χ3v) is 3.77. The van der Waals surface area contributed by atoms with E-state index in [-0.39, 0.29) is 0 Å². The molecule has 2 aromatic carbocycles. The number of aromatic nitrogens is 5. The second-order valence-electron chi connectivity index (χ2n) is 5.41. The van der Waals surface area contributed by atoms with Crippen LogP contribution in [0.25, 0.3) is 10.9 Å². The molecule has 0 saturated heterocycles. The number of hydrogen-bond donors (Lipinski definition) is 2. The highest BCUT2D eigenvalue weighted by atomic mass is 15.3. The normalized spacial score (nSPS) is 11.0. The van der Waals surface area contributed by atoms with Gasteiger partial charge in [-0.05, 0) is 17.2 Å². The molecule has 0 saturated carbocycles. The first-order chi connectivity index (χ1) is 11.4. The Hall–Kier alpha value is -3.15. The summed E-state index contributed by atoms with van der Waals surface area (Å²) in [5.74, 6) is 0.763. The van der Waals surface area contributed by atoms with Gasteiger partial charge >= 0.3 is 0 Å². The van der Waals surface area contributed by atoms with Gasteiger partial charge in [-0.3, -0.25) is 9.67 Å². The molecule has 6 heteroatoms. The number of H-pyrrole nitrogens is 1. The van der Waals surface area contributed by atoms with Crippen LogP contribution in [0.4, 0.5) is 5.95 Å². The summed E-state index contributed by atoms with van der Waals surface area (Å²) in [6.45, 7) is 1.43. The van der Waals surface area contributed by atoms with Crippen molar-refractivity contribution in [2.45, 2.75) is 13.1 Å². The van der Waals surface area contributed by atoms with Gasteiger partial charge in [0.05, 0.1) is 18.3 Å². The van der Waals surface area contributed by atoms with Crippen molar-refractivity contribution in [2.24, 2.45) is 0 Å². The van der Waals surface area contributed by atoms with Gasteiger partial charge in [0, 0.05) is 11.9 Å². The van der Waals surface area contributed by atoms with Crippen LogP contribution in [0, 0.1) is 0 Å². The number of fused-ring (bicyclic) bond motifs is 1. The topological polar surface area (TPSA) is 71.4 Å². The summed E-state index contributed by atoms with van der Waals surface area (Å²) in [6, 6.07) is 16.5. The van der Waals surface area contributed by atoms with Crippen LogP contribution in [0.15, 0.2) is 61.1 Å². The number of benzene rings is 2. The summed E-state index contributed by atoms with van der Waals surface area (Å²) in [6.07, 6.45) is 3.57. The third kappa shape index (κ3) is 2.91. The summed E-state index contributed by atoms with van der Waals surface area (Å²) in [5, 5.41) is 19.6. The van der Waals surface area contributed by atoms with Gasteiger partial charge in [0.15, 0.2) is 0 Å². The smallest absolute Gasteiger partial charge is 0.224 e. The van der Waals surface area contributed by atoms with Crippen molar-refractivity contribution in [3.05, 3.63) is 72.2 Å². The van der Waals surface area contributed by atoms with Crippen LogP contribution in [0.5, 0.6) is 0 Å². The Bertz CT molecular complexity index is 909. The highest BCUT2D eigenvalue weighted by Crippen LogP contribution is 2.14. The molecule has 0 bridgehead atoms. The van der Waals surface area contributed by atoms with Crippen LogP contribution in [-0.2, 0) is 13.1 Å². The highest BCUT2D eigenvalue weighted by Gasteiger charge is 2.05. The Balaban J connectivity index is 1.48. The second-order valence-corrected chi connectivity index (χ2v) is 5.41. The number of nitrogens with zero attached hydrogens (tertiary/aromatic N) is 4. The van der Waals surface area contributed by atoms with Crippen molar-refractivity contribution in [3.63, 3.8) is 0 Å². The fourth-order valence-electron chi connectivity index (χ4n) is 2.56. The lowest BCUT2D eigenvalue weighted by atomic mass is 10.2. The van der Waals surface area contributed by atoms with Gasteiger partial charge in [-0.1, -0.05) is 42.5 Å². The van der Waals surface area contributed by atoms with Crippen LogP contribution in [0.3, 0.4) is 0 Å². The van der Waals surface area contributed by atoms with Gasteiger partial charge in [-0.15, -0.1) is 10.2 Å². The zero-order chi connectivity index (χ0) is 15.5. The molecule has 0 unspecified atom stereocenters. The Kier molecular flexibility index (Phi) is 3.48. The highest BCUT2D eigenvalue weighted by molar-refractivity contribution is 5.78. The van der Waals surface area contributed by atoms with Crippen molar-refractivity contribution in [1.82, 2.24) is 25.0 Å². The minimum atomic E-state index is 0.683. The van der Waals surface area contributed by atoms with Crippen LogP contribution in [0.1, 0.15) is 11.1 Å². The van der Waals surface area contributed by atoms with E-state index in [1.54, 1.807) is 6.33 Å². The lowest BCUT2D eigenvalue weighted by molar-refractivity contribution is 0.794. The molecule has 4 aromatic rings. The van der Waals surface area contributed by atoms with Crippen LogP contribution < -0.4 is 5.32 Å². The fourth-order valence-corrected chi connectivity index (χ4v) is 2.56. The summed E-state index contributed by atoms with van der Waals surface area (Å²) in [4.78, 5) is 0. The van der Waals surface area contributed by atoms with Crippen LogP contribution >= 0.6 is 0 Å². The lowest BCUT2D eigenvalue weighted by Gasteiger charge is -2.09. The predicted octanol–water partition coefficient (Wildman–Crippen LogP) is 2.81. The monoisotopic (exact) mass is 304 g/mol. The summed E-state index contributed by atoms with van der Waals surface area (Å²) in [7, 11) is 0. The van der Waals surface area contributed by atoms with Gasteiger partial charge in [-0.2, -0.15) is 5.10 Å². The first-order valence-corrected chi connectivity index (χ1v) is 7.46. The Morgan fingerprint density at radius 3 is 2.87 bits per heavy atom. The minimum absolute atomic E-state index is 0.683. The third-order valence-electron chi connectivity index (χ3n) is 3.77. The number of nitrogens with one attached hydrogen (secondary N) is 2. The Morgan fingerprint density at radius 1 is 1.04 bits per heavy atom. The average molecular weight is 304 g/mol. The Morgan fingerprint density at radius 2 is 1.96 bits per heavy atom. The van der Waals surface area contributed by atoms with E-state index in [0.29, 0.717) is 6.54 Å². The molecule has 23 heavy (non-hydrogen) atoms. The van der Waals surface area contributed by atoms with E-state index in [9.17, 15) is 0 Å². The van der Waals surface area contributed by atoms with Gasteiger partial charge in [-0.25, -0.2) is 0 Å². The van der Waals surface area contributed by atoms with Gasteiger partial charge in [0.25, 0.3) is 0 Å². The standard InChI is InChI=1S/C17H16N6/c1-2-4-13(5-3-1)11-23-12-20-22-17(23)18-9-14-6-7-15-10-19-21-16(15)8-14/h1-8,10,12H,9,11H2,(H,18,22)(H,19,21). The molecule has 2 heterocycles. The summed E-state index contributed by atoms with van der Waals surface area (Å²) >= 11 is 0. The van der Waals surface area contributed by atoms with E-state index in [4.69, 9.17) is 0 Å². The van der Waals surface area contributed by atoms with E-state index in [0.717, 1.165) is 29.0 Å². The van der Waals surface area contributed by atoms with Gasteiger partial charge < -0.3 is 5.32 Å². The maximum Gasteiger partial charge on any atom is 0.224 e. The quantitative estimate of drug-likeness (QED) is 0.595. The predicted molar refractivity (Wildman–Crippen MR) is 89.0 cm³/mol. The van der Waals surface area contributed by atoms with E-state index < -0.39 is 0 Å². The zero-order valence-electron chi connectivity index (χ0n) is 12.5. The summed E-state index contributed by atoms with van der Waals surface area (Å²) < 4.78 is 2.00. The van der Waals surface area contributed by atoms with Crippen molar-refractivity contribution in [3.8, 4) is 0 Å². The molecule has 0 spiro atoms. The molecule has 0 aliphatic heterocycles. The number of aromatic amines is 1. The molecular formula is C17H16N6. The average Bonchev–Trinajstić information content (AvgIpc) is 3.22. The molecule has 114 valence electrons. The first kappa shape index (κ1) is 13.5. The van der Waals surface area contributed by atoms with E-state index >= 15 is 0 Å². The van der Waals surface area contributed by atoms with Crippen LogP contribution in [-0.4, -0.2) is 25.0 Å². The van der Waals surface area contributed by atoms with Crippen molar-refractivity contribution < 1.29 is 0 Å². The van der Waals surface area contributed by atoms with E-state index in [1.165, 1.54) is 5.56 Å². The second kappa shape index (κ2) is 5.92. The maximum atomic E-state index is 4.16. The molecular weight excluding hydrogens is 288 g/mol. The van der Waals surface area contributed by atoms with Gasteiger partial charge in [0.2, 0.25) is 5.95 Å². The first-order valence-electron chi connectivity index (χ1n) is 7.46. The Labute approximate surface area is 133 Å². The SMILES string of the molecule is c1ccc(Cn2cnnc2NCc2ccc3cn[nH]c3c2)cc1. The fraction of sp³-hybridized carbons (Fsp3) is 0.118. The molecule has 0 fully saturated rings. The number of anilines is 1. The largest absolute Gasteiger partial charge is 0.350 e. The molecule has 2 aromatic heterocycles. The van der Waals surface area contributed by atoms with Crippen molar-refractivity contribution in [1.29, 1.82) is 0 Å². The van der Waals surface area contributed by atoms with E-state index in [2.05, 4.69) is 56.0 Å². The molecule has 6 nitrogen and oxygen atoms in total. The molecule has 0 aliphatic rings. The minimum Gasteiger partial charge on any atom is -0.350 e. The van der Waals surface area contributed by atoms with Crippen molar-refractivity contribution >= 4 is 16.9 Å². The molecule has 2 N–H and O–H groups in total. The lowest BCUT2D eigenvalue weighted by Crippen LogP contribution is -2.08. The number of rotatable bonds is 5.